The van der Waals surface area contributed by atoms with Crippen molar-refractivity contribution in [1.82, 2.24) is 0 Å². The largest absolute Gasteiger partial charge is 0.478 e. The lowest BCUT2D eigenvalue weighted by atomic mass is 9.97. The Labute approximate surface area is 87.0 Å². The van der Waals surface area contributed by atoms with E-state index in [0.717, 1.165) is 0 Å². The summed E-state index contributed by atoms with van der Waals surface area (Å²) in [4.78, 5) is 10.7. The minimum Gasteiger partial charge on any atom is -0.478 e. The van der Waals surface area contributed by atoms with Crippen LogP contribution in [0.15, 0.2) is 22.8 Å². The first-order valence-corrected chi connectivity index (χ1v) is 5.17. The molecule has 14 heavy (non-hydrogen) atoms. The van der Waals surface area contributed by atoms with Gasteiger partial charge in [0.25, 0.3) is 0 Å². The maximum Gasteiger partial charge on any atom is 0.336 e. The number of allylic oxidation sites excluding steroid dienone is 2. The Kier molecular flexibility index (Phi) is 3.13. The Bertz CT molecular complexity index is 462. The Morgan fingerprint density at radius 1 is 1.50 bits per heavy atom. The molecule has 4 nitrogen and oxygen atoms in total. The topological polar surface area (TPSA) is 71.4 Å². The maximum absolute atomic E-state index is 10.7. The van der Waals surface area contributed by atoms with Gasteiger partial charge in [-0.2, -0.15) is 8.42 Å². The molecule has 0 aromatic heterocycles. The Morgan fingerprint density at radius 3 is 2.50 bits per heavy atom. The Balaban J connectivity index is 3.31. The lowest BCUT2D eigenvalue weighted by molar-refractivity contribution is -0.132. The monoisotopic (exact) mass is 234 g/mol. The van der Waals surface area contributed by atoms with E-state index in [1.165, 1.54) is 12.2 Å². The Morgan fingerprint density at radius 2 is 2.07 bits per heavy atom. The third kappa shape index (κ3) is 1.88. The minimum atomic E-state index is -2.36. The highest BCUT2D eigenvalue weighted by molar-refractivity contribution is 7.73. The standard InChI is InChI=1S/C8H7ClO4S/c1-4-6(14(12)13)3-2-5(7(4)9)8(10)11/h2-4H,1H3,(H,10,11). The van der Waals surface area contributed by atoms with Crippen LogP contribution in [0.25, 0.3) is 0 Å². The van der Waals surface area contributed by atoms with Crippen LogP contribution >= 0.6 is 11.6 Å². The van der Waals surface area contributed by atoms with Crippen LogP contribution in [0, 0.1) is 5.92 Å². The van der Waals surface area contributed by atoms with Crippen LogP contribution in [-0.4, -0.2) is 24.4 Å². The molecule has 0 fully saturated rings. The van der Waals surface area contributed by atoms with Gasteiger partial charge in [-0.25, -0.2) is 4.79 Å². The van der Waals surface area contributed by atoms with Crippen LogP contribution in [0.2, 0.25) is 0 Å². The van der Waals surface area contributed by atoms with Gasteiger partial charge in [-0.3, -0.25) is 0 Å². The van der Waals surface area contributed by atoms with Crippen molar-refractivity contribution in [2.24, 2.45) is 5.92 Å². The van der Waals surface area contributed by atoms with Crippen LogP contribution in [0.1, 0.15) is 6.92 Å². The van der Waals surface area contributed by atoms with Crippen molar-refractivity contribution in [3.8, 4) is 0 Å². The summed E-state index contributed by atoms with van der Waals surface area (Å²) >= 11 is 5.72. The summed E-state index contributed by atoms with van der Waals surface area (Å²) in [5.74, 6) is -1.75. The lowest BCUT2D eigenvalue weighted by Crippen LogP contribution is -2.17. The van der Waals surface area contributed by atoms with E-state index in [0.29, 0.717) is 0 Å². The number of carboxylic acids is 1. The molecule has 6 heteroatoms. The van der Waals surface area contributed by atoms with Crippen LogP contribution in [0.5, 0.6) is 0 Å². The number of halogens is 1. The molecule has 1 aliphatic carbocycles. The van der Waals surface area contributed by atoms with E-state index >= 15 is 0 Å². The highest BCUT2D eigenvalue weighted by atomic mass is 35.5. The second-order valence-corrected chi connectivity index (χ2v) is 4.11. The fraction of sp³-hybridized carbons (Fsp3) is 0.250. The molecule has 0 radical (unpaired) electrons. The predicted molar refractivity (Wildman–Crippen MR) is 52.7 cm³/mol. The zero-order valence-corrected chi connectivity index (χ0v) is 8.76. The number of hydrogen-bond acceptors (Lipinski definition) is 3. The number of rotatable bonds is 1. The van der Waals surface area contributed by atoms with Gasteiger partial charge in [0.1, 0.15) is 0 Å². The van der Waals surface area contributed by atoms with Crippen molar-refractivity contribution >= 4 is 32.7 Å². The first-order chi connectivity index (χ1) is 6.45. The summed E-state index contributed by atoms with van der Waals surface area (Å²) in [6, 6.07) is 0. The molecule has 1 rings (SSSR count). The van der Waals surface area contributed by atoms with Crippen molar-refractivity contribution < 1.29 is 18.3 Å². The van der Waals surface area contributed by atoms with E-state index in [9.17, 15) is 13.2 Å². The molecule has 0 aliphatic heterocycles. The van der Waals surface area contributed by atoms with E-state index in [2.05, 4.69) is 0 Å². The molecule has 0 bridgehead atoms. The number of carbonyl (C=O) groups is 1. The van der Waals surface area contributed by atoms with Gasteiger partial charge in [0.05, 0.1) is 10.4 Å². The summed E-state index contributed by atoms with van der Waals surface area (Å²) in [6.07, 6.45) is 2.44. The van der Waals surface area contributed by atoms with Crippen molar-refractivity contribution in [3.63, 3.8) is 0 Å². The minimum absolute atomic E-state index is 0.0409. The summed E-state index contributed by atoms with van der Waals surface area (Å²) < 4.78 is 21.3. The zero-order chi connectivity index (χ0) is 10.9. The van der Waals surface area contributed by atoms with Gasteiger partial charge < -0.3 is 5.11 Å². The van der Waals surface area contributed by atoms with Crippen molar-refractivity contribution in [1.29, 1.82) is 0 Å². The Hall–Kier alpha value is -1.07. The van der Waals surface area contributed by atoms with Crippen LogP contribution in [0.3, 0.4) is 0 Å². The SMILES string of the molecule is CC1C(Cl)=C(C(=O)O)C=CC1=S(=O)=O. The normalized spacial score (nSPS) is 21.3. The van der Waals surface area contributed by atoms with Gasteiger partial charge in [-0.15, -0.1) is 0 Å². The van der Waals surface area contributed by atoms with E-state index in [4.69, 9.17) is 16.7 Å². The van der Waals surface area contributed by atoms with Gasteiger partial charge >= 0.3 is 5.97 Å². The molecule has 0 aromatic rings. The second kappa shape index (κ2) is 3.98. The molecule has 76 valence electrons. The molecule has 1 unspecified atom stereocenters. The third-order valence-corrected chi connectivity index (χ3v) is 3.31. The number of aliphatic carboxylic acids is 1. The lowest BCUT2D eigenvalue weighted by Gasteiger charge is -2.14. The smallest absolute Gasteiger partial charge is 0.336 e. The molecule has 0 saturated carbocycles. The summed E-state index contributed by atoms with van der Waals surface area (Å²) in [5.41, 5.74) is -0.0617. The van der Waals surface area contributed by atoms with Crippen molar-refractivity contribution in [2.45, 2.75) is 6.92 Å². The molecule has 0 amide bonds. The summed E-state index contributed by atoms with van der Waals surface area (Å²) in [7, 11) is -2.36. The van der Waals surface area contributed by atoms with E-state index < -0.39 is 22.2 Å². The van der Waals surface area contributed by atoms with Crippen LogP contribution in [0.4, 0.5) is 0 Å². The van der Waals surface area contributed by atoms with Gasteiger partial charge in [0.15, 0.2) is 0 Å². The molecule has 1 N–H and O–H groups in total. The van der Waals surface area contributed by atoms with Gasteiger partial charge in [0.2, 0.25) is 10.3 Å². The highest BCUT2D eigenvalue weighted by Gasteiger charge is 2.23. The molecule has 0 saturated heterocycles. The fourth-order valence-electron chi connectivity index (χ4n) is 1.12. The molecular formula is C8H7ClO4S. The average molecular weight is 235 g/mol. The molecule has 0 aromatic carbocycles. The molecule has 1 aliphatic rings. The van der Waals surface area contributed by atoms with Gasteiger partial charge in [-0.05, 0) is 12.2 Å². The van der Waals surface area contributed by atoms with Gasteiger partial charge in [-0.1, -0.05) is 18.5 Å². The first kappa shape index (κ1) is 11.0. The second-order valence-electron chi connectivity index (χ2n) is 2.76. The zero-order valence-electron chi connectivity index (χ0n) is 7.19. The van der Waals surface area contributed by atoms with Crippen LogP contribution < -0.4 is 0 Å². The number of carboxylic acid groups (broad SMARTS) is 1. The quantitative estimate of drug-likeness (QED) is 0.682. The van der Waals surface area contributed by atoms with Crippen molar-refractivity contribution in [2.75, 3.05) is 0 Å². The average Bonchev–Trinajstić information content (AvgIpc) is 2.08. The highest BCUT2D eigenvalue weighted by Crippen LogP contribution is 2.26. The molecule has 0 spiro atoms. The fourth-order valence-corrected chi connectivity index (χ4v) is 2.03. The summed E-state index contributed by atoms with van der Waals surface area (Å²) in [5, 5.41) is 8.74. The number of hydrogen-bond donors (Lipinski definition) is 1. The molecule has 1 atom stereocenters. The van der Waals surface area contributed by atoms with Crippen LogP contribution in [-0.2, 0) is 15.1 Å². The van der Waals surface area contributed by atoms with E-state index in [-0.39, 0.29) is 15.5 Å². The van der Waals surface area contributed by atoms with Gasteiger partial charge in [0, 0.05) is 11.0 Å². The first-order valence-electron chi connectivity index (χ1n) is 3.72. The molecular weight excluding hydrogens is 228 g/mol. The molecule has 0 heterocycles. The predicted octanol–water partition coefficient (Wildman–Crippen LogP) is 0.821. The van der Waals surface area contributed by atoms with Crippen molar-refractivity contribution in [3.05, 3.63) is 22.8 Å². The summed E-state index contributed by atoms with van der Waals surface area (Å²) in [6.45, 7) is 1.54. The maximum atomic E-state index is 10.7. The van der Waals surface area contributed by atoms with E-state index in [1.54, 1.807) is 6.92 Å². The third-order valence-electron chi connectivity index (χ3n) is 1.90. The van der Waals surface area contributed by atoms with E-state index in [1.807, 2.05) is 0 Å².